The summed E-state index contributed by atoms with van der Waals surface area (Å²) in [6, 6.07) is 0. The van der Waals surface area contributed by atoms with Gasteiger partial charge >= 0.3 is 5.97 Å². The number of likely N-dealkylation sites (tertiary alicyclic amines) is 1. The van der Waals surface area contributed by atoms with E-state index in [1.165, 1.54) is 6.92 Å². The maximum atomic E-state index is 12.1. The summed E-state index contributed by atoms with van der Waals surface area (Å²) in [6.07, 6.45) is 0.855. The van der Waals surface area contributed by atoms with Gasteiger partial charge in [-0.15, -0.1) is 0 Å². The third-order valence-corrected chi connectivity index (χ3v) is 3.74. The van der Waals surface area contributed by atoms with Crippen molar-refractivity contribution in [3.8, 4) is 0 Å². The Balaban J connectivity index is 2.45. The Hall–Kier alpha value is -1.47. The van der Waals surface area contributed by atoms with Gasteiger partial charge in [-0.3, -0.25) is 14.9 Å². The lowest BCUT2D eigenvalue weighted by Crippen LogP contribution is -2.38. The van der Waals surface area contributed by atoms with Crippen LogP contribution in [0.1, 0.15) is 33.1 Å². The van der Waals surface area contributed by atoms with Crippen molar-refractivity contribution in [1.82, 2.24) is 10.2 Å². The van der Waals surface area contributed by atoms with Crippen molar-refractivity contribution in [3.63, 3.8) is 0 Å². The average Bonchev–Trinajstić information content (AvgIpc) is 2.88. The van der Waals surface area contributed by atoms with Gasteiger partial charge < -0.3 is 19.2 Å². The zero-order valence-corrected chi connectivity index (χ0v) is 13.6. The molecule has 0 aromatic carbocycles. The molecule has 126 valence electrons. The molecule has 1 saturated heterocycles. The van der Waals surface area contributed by atoms with Gasteiger partial charge in [-0.2, -0.15) is 0 Å². The molecule has 7 nitrogen and oxygen atoms in total. The van der Waals surface area contributed by atoms with E-state index in [-0.39, 0.29) is 49.1 Å². The monoisotopic (exact) mass is 314 g/mol. The topological polar surface area (TPSA) is 84.9 Å². The Morgan fingerprint density at radius 1 is 1.23 bits per heavy atom. The average molecular weight is 314 g/mol. The molecule has 1 heterocycles. The summed E-state index contributed by atoms with van der Waals surface area (Å²) in [7, 11) is 1.55. The van der Waals surface area contributed by atoms with Gasteiger partial charge in [0.15, 0.2) is 0 Å². The number of hydrogen-bond donors (Lipinski definition) is 1. The van der Waals surface area contributed by atoms with E-state index in [2.05, 4.69) is 5.32 Å². The molecule has 2 atom stereocenters. The summed E-state index contributed by atoms with van der Waals surface area (Å²) in [5, 5.41) is 2.87. The van der Waals surface area contributed by atoms with Crippen molar-refractivity contribution in [3.05, 3.63) is 0 Å². The van der Waals surface area contributed by atoms with Crippen LogP contribution in [-0.2, 0) is 23.9 Å². The lowest BCUT2D eigenvalue weighted by Gasteiger charge is -2.17. The first kappa shape index (κ1) is 18.6. The maximum Gasteiger partial charge on any atom is 0.306 e. The van der Waals surface area contributed by atoms with Gasteiger partial charge in [0.1, 0.15) is 11.9 Å². The van der Waals surface area contributed by atoms with E-state index in [0.717, 1.165) is 6.42 Å². The summed E-state index contributed by atoms with van der Waals surface area (Å²) in [5.41, 5.74) is 0. The standard InChI is InChI=1S/C15H26N2O5/c1-4-12-8-17(14(19)7-16-10-21-3)9-13(12)22-15(20)6-5-11(2)18/h12-13,16H,4-10H2,1-3H3/t12-,13+/m1/s1. The molecule has 0 spiro atoms. The number of rotatable bonds is 9. The van der Waals surface area contributed by atoms with E-state index in [1.54, 1.807) is 12.0 Å². The van der Waals surface area contributed by atoms with Gasteiger partial charge in [0.25, 0.3) is 0 Å². The minimum atomic E-state index is -0.370. The van der Waals surface area contributed by atoms with Gasteiger partial charge in [0.05, 0.1) is 26.2 Å². The van der Waals surface area contributed by atoms with Crippen LogP contribution in [0.25, 0.3) is 0 Å². The number of nitrogens with zero attached hydrogens (tertiary/aromatic N) is 1. The van der Waals surface area contributed by atoms with E-state index < -0.39 is 0 Å². The molecule has 1 N–H and O–H groups in total. The molecule has 0 unspecified atom stereocenters. The summed E-state index contributed by atoms with van der Waals surface area (Å²) < 4.78 is 10.3. The first-order valence-corrected chi connectivity index (χ1v) is 7.64. The van der Waals surface area contributed by atoms with Crippen LogP contribution in [0.5, 0.6) is 0 Å². The van der Waals surface area contributed by atoms with Crippen LogP contribution in [0.3, 0.4) is 0 Å². The minimum absolute atomic E-state index is 0.0298. The lowest BCUT2D eigenvalue weighted by atomic mass is 10.0. The molecule has 0 saturated carbocycles. The molecule has 0 aliphatic carbocycles. The number of hydrogen-bond acceptors (Lipinski definition) is 6. The highest BCUT2D eigenvalue weighted by Crippen LogP contribution is 2.23. The molecular formula is C15H26N2O5. The number of carbonyl (C=O) groups excluding carboxylic acids is 3. The van der Waals surface area contributed by atoms with Crippen molar-refractivity contribution in [2.75, 3.05) is 33.5 Å². The normalized spacial score (nSPS) is 21.0. The predicted molar refractivity (Wildman–Crippen MR) is 80.0 cm³/mol. The summed E-state index contributed by atoms with van der Waals surface area (Å²) in [4.78, 5) is 36.4. The number of methoxy groups -OCH3 is 1. The molecule has 0 radical (unpaired) electrons. The minimum Gasteiger partial charge on any atom is -0.460 e. The Kier molecular flexibility index (Phi) is 8.05. The molecule has 1 fully saturated rings. The fraction of sp³-hybridized carbons (Fsp3) is 0.800. The molecule has 22 heavy (non-hydrogen) atoms. The van der Waals surface area contributed by atoms with Gasteiger partial charge in [-0.1, -0.05) is 6.92 Å². The quantitative estimate of drug-likeness (QED) is 0.375. The number of nitrogens with one attached hydrogen (secondary N) is 1. The highest BCUT2D eigenvalue weighted by atomic mass is 16.5. The van der Waals surface area contributed by atoms with Crippen LogP contribution in [0.4, 0.5) is 0 Å². The van der Waals surface area contributed by atoms with Crippen molar-refractivity contribution < 1.29 is 23.9 Å². The number of Topliss-reactive ketones (excluding diaryl/α,β-unsaturated/α-hetero) is 1. The molecule has 0 bridgehead atoms. The fourth-order valence-electron chi connectivity index (χ4n) is 2.45. The first-order valence-electron chi connectivity index (χ1n) is 7.64. The molecule has 1 aliphatic rings. The van der Waals surface area contributed by atoms with Crippen LogP contribution in [0.15, 0.2) is 0 Å². The van der Waals surface area contributed by atoms with Crippen LogP contribution in [-0.4, -0.2) is 62.1 Å². The second-order valence-electron chi connectivity index (χ2n) is 5.56. The third-order valence-electron chi connectivity index (χ3n) is 3.74. The van der Waals surface area contributed by atoms with Crippen molar-refractivity contribution in [2.45, 2.75) is 39.2 Å². The van der Waals surface area contributed by atoms with Crippen LogP contribution in [0.2, 0.25) is 0 Å². The Morgan fingerprint density at radius 3 is 2.55 bits per heavy atom. The number of carbonyl (C=O) groups is 3. The number of ether oxygens (including phenoxy) is 2. The molecule has 0 aromatic rings. The molecule has 0 aromatic heterocycles. The number of esters is 1. The molecule has 1 amide bonds. The molecule has 1 aliphatic heterocycles. The number of ketones is 1. The Morgan fingerprint density at radius 2 is 1.95 bits per heavy atom. The second-order valence-corrected chi connectivity index (χ2v) is 5.56. The van der Waals surface area contributed by atoms with E-state index >= 15 is 0 Å². The summed E-state index contributed by atoms with van der Waals surface area (Å²) in [5.74, 6) is -0.285. The van der Waals surface area contributed by atoms with E-state index in [1.807, 2.05) is 6.92 Å². The largest absolute Gasteiger partial charge is 0.460 e. The predicted octanol–water partition coefficient (Wildman–Crippen LogP) is 0.329. The fourth-order valence-corrected chi connectivity index (χ4v) is 2.45. The molecule has 7 heteroatoms. The van der Waals surface area contributed by atoms with Crippen molar-refractivity contribution in [1.29, 1.82) is 0 Å². The Labute approximate surface area is 131 Å². The maximum absolute atomic E-state index is 12.1. The van der Waals surface area contributed by atoms with Crippen LogP contribution < -0.4 is 5.32 Å². The number of amides is 1. The first-order chi connectivity index (χ1) is 10.5. The summed E-state index contributed by atoms with van der Waals surface area (Å²) >= 11 is 0. The van der Waals surface area contributed by atoms with Crippen LogP contribution >= 0.6 is 0 Å². The SMILES string of the molecule is CC[C@@H]1CN(C(=O)CNCOC)C[C@@H]1OC(=O)CCC(C)=O. The van der Waals surface area contributed by atoms with E-state index in [9.17, 15) is 14.4 Å². The van der Waals surface area contributed by atoms with E-state index in [4.69, 9.17) is 9.47 Å². The van der Waals surface area contributed by atoms with Gasteiger partial charge in [0.2, 0.25) is 5.91 Å². The van der Waals surface area contributed by atoms with E-state index in [0.29, 0.717) is 19.8 Å². The Bertz CT molecular complexity index is 399. The van der Waals surface area contributed by atoms with Gasteiger partial charge in [-0.05, 0) is 13.3 Å². The smallest absolute Gasteiger partial charge is 0.306 e. The van der Waals surface area contributed by atoms with Crippen molar-refractivity contribution >= 4 is 17.7 Å². The van der Waals surface area contributed by atoms with Gasteiger partial charge in [0, 0.05) is 26.0 Å². The lowest BCUT2D eigenvalue weighted by molar-refractivity contribution is -0.151. The third kappa shape index (κ3) is 6.11. The van der Waals surface area contributed by atoms with Crippen LogP contribution in [0, 0.1) is 5.92 Å². The zero-order chi connectivity index (χ0) is 16.5. The molecular weight excluding hydrogens is 288 g/mol. The second kappa shape index (κ2) is 9.53. The highest BCUT2D eigenvalue weighted by molar-refractivity contribution is 5.81. The molecule has 1 rings (SSSR count). The summed E-state index contributed by atoms with van der Waals surface area (Å²) in [6.45, 7) is 4.99. The zero-order valence-electron chi connectivity index (χ0n) is 13.6. The highest BCUT2D eigenvalue weighted by Gasteiger charge is 2.36. The van der Waals surface area contributed by atoms with Crippen molar-refractivity contribution in [2.24, 2.45) is 5.92 Å². The van der Waals surface area contributed by atoms with Gasteiger partial charge in [-0.25, -0.2) is 0 Å².